The predicted molar refractivity (Wildman–Crippen MR) is 137 cm³/mol. The van der Waals surface area contributed by atoms with Gasteiger partial charge in [0, 0.05) is 44.7 Å². The van der Waals surface area contributed by atoms with E-state index in [2.05, 4.69) is 60.0 Å². The van der Waals surface area contributed by atoms with Crippen LogP contribution in [0.3, 0.4) is 0 Å². The molecular weight excluding hydrogens is 514 g/mol. The van der Waals surface area contributed by atoms with E-state index in [9.17, 15) is 4.79 Å². The van der Waals surface area contributed by atoms with Gasteiger partial charge < -0.3 is 10.1 Å². The summed E-state index contributed by atoms with van der Waals surface area (Å²) in [5.41, 5.74) is 2.16. The van der Waals surface area contributed by atoms with E-state index in [0.717, 1.165) is 15.7 Å². The summed E-state index contributed by atoms with van der Waals surface area (Å²) < 4.78 is 7.22. The third-order valence-corrected chi connectivity index (χ3v) is 7.38. The maximum absolute atomic E-state index is 13.1. The van der Waals surface area contributed by atoms with Crippen LogP contribution >= 0.6 is 27.5 Å². The van der Waals surface area contributed by atoms with Gasteiger partial charge in [-0.25, -0.2) is 0 Å². The van der Waals surface area contributed by atoms with Crippen LogP contribution in [0.4, 0.5) is 0 Å². The van der Waals surface area contributed by atoms with Crippen molar-refractivity contribution in [1.82, 2.24) is 10.3 Å². The molecule has 4 rings (SSSR count). The van der Waals surface area contributed by atoms with E-state index in [1.807, 2.05) is 36.4 Å². The first-order chi connectivity index (χ1) is 16.0. The number of pyridine rings is 1. The van der Waals surface area contributed by atoms with Crippen LogP contribution in [0.25, 0.3) is 11.3 Å². The van der Waals surface area contributed by atoms with Crippen molar-refractivity contribution in [3.05, 3.63) is 81.4 Å². The Bertz CT molecular complexity index is 1250. The standard InChI is InChI=1S/C27H25BrClN3O2/c1-26(2)24(27(3,4)25(26)34-20-11-9-18(14-30)21(29)13-20)32-23(33)17-7-5-16(6-8-17)22-12-10-19(28)15-31-22/h5-13,15,24-25H,1-4H3,(H,32,33). The SMILES string of the molecule is CC1(C)C(NC(=O)c2ccc(-c3ccc(Br)cn3)cc2)C(C)(C)C1Oc1ccc(C#N)c(Cl)c1. The van der Waals surface area contributed by atoms with Crippen LogP contribution < -0.4 is 10.1 Å². The highest BCUT2D eigenvalue weighted by Gasteiger charge is 2.64. The lowest BCUT2D eigenvalue weighted by molar-refractivity contribution is -0.164. The summed E-state index contributed by atoms with van der Waals surface area (Å²) in [5, 5.41) is 12.7. The van der Waals surface area contributed by atoms with E-state index in [4.69, 9.17) is 21.6 Å². The topological polar surface area (TPSA) is 75.0 Å². The van der Waals surface area contributed by atoms with Crippen molar-refractivity contribution in [1.29, 1.82) is 5.26 Å². The summed E-state index contributed by atoms with van der Waals surface area (Å²) in [6, 6.07) is 18.4. The molecule has 0 unspecified atom stereocenters. The van der Waals surface area contributed by atoms with Gasteiger partial charge in [0.2, 0.25) is 0 Å². The lowest BCUT2D eigenvalue weighted by Crippen LogP contribution is -2.74. The third-order valence-electron chi connectivity index (χ3n) is 6.60. The number of halogens is 2. The number of aromatic nitrogens is 1. The second-order valence-electron chi connectivity index (χ2n) is 9.74. The molecule has 1 aliphatic rings. The highest BCUT2D eigenvalue weighted by molar-refractivity contribution is 9.10. The van der Waals surface area contributed by atoms with Crippen LogP contribution in [0.2, 0.25) is 5.02 Å². The first kappa shape index (κ1) is 24.3. The number of benzene rings is 2. The fourth-order valence-electron chi connectivity index (χ4n) is 5.15. The van der Waals surface area contributed by atoms with Gasteiger partial charge in [0.25, 0.3) is 5.91 Å². The molecule has 0 atom stereocenters. The van der Waals surface area contributed by atoms with Gasteiger partial charge in [0.1, 0.15) is 17.9 Å². The molecule has 3 aromatic rings. The molecule has 0 bridgehead atoms. The van der Waals surface area contributed by atoms with Crippen molar-refractivity contribution in [3.63, 3.8) is 0 Å². The zero-order valence-electron chi connectivity index (χ0n) is 19.4. The van der Waals surface area contributed by atoms with Gasteiger partial charge in [-0.1, -0.05) is 51.4 Å². The Morgan fingerprint density at radius 2 is 1.76 bits per heavy atom. The quantitative estimate of drug-likeness (QED) is 0.395. The number of amides is 1. The number of nitrogens with zero attached hydrogens (tertiary/aromatic N) is 2. The van der Waals surface area contributed by atoms with Crippen LogP contribution in [-0.4, -0.2) is 23.0 Å². The number of nitrogens with one attached hydrogen (secondary N) is 1. The molecule has 1 aliphatic carbocycles. The molecule has 1 saturated carbocycles. The molecule has 0 spiro atoms. The van der Waals surface area contributed by atoms with Crippen molar-refractivity contribution >= 4 is 33.4 Å². The second kappa shape index (κ2) is 9.05. The maximum Gasteiger partial charge on any atom is 0.251 e. The number of ether oxygens (including phenoxy) is 1. The van der Waals surface area contributed by atoms with Crippen molar-refractivity contribution < 1.29 is 9.53 Å². The van der Waals surface area contributed by atoms with Crippen molar-refractivity contribution in [3.8, 4) is 23.1 Å². The fourth-order valence-corrected chi connectivity index (χ4v) is 5.60. The Hall–Kier alpha value is -2.88. The van der Waals surface area contributed by atoms with Gasteiger partial charge in [-0.3, -0.25) is 9.78 Å². The van der Waals surface area contributed by atoms with E-state index in [0.29, 0.717) is 21.9 Å². The normalized spacial score (nSPS) is 20.0. The summed E-state index contributed by atoms with van der Waals surface area (Å²) >= 11 is 9.56. The van der Waals surface area contributed by atoms with Crippen molar-refractivity contribution in [2.24, 2.45) is 10.8 Å². The highest BCUT2D eigenvalue weighted by Crippen LogP contribution is 2.55. The summed E-state index contributed by atoms with van der Waals surface area (Å²) in [6.45, 7) is 8.34. The molecule has 1 fully saturated rings. The molecule has 0 aliphatic heterocycles. The molecule has 1 amide bonds. The summed E-state index contributed by atoms with van der Waals surface area (Å²) in [6.07, 6.45) is 1.60. The Morgan fingerprint density at radius 3 is 2.32 bits per heavy atom. The number of nitriles is 1. The Morgan fingerprint density at radius 1 is 1.09 bits per heavy atom. The Balaban J connectivity index is 1.46. The average molecular weight is 539 g/mol. The first-order valence-corrected chi connectivity index (χ1v) is 12.1. The van der Waals surface area contributed by atoms with Crippen LogP contribution in [0.15, 0.2) is 65.3 Å². The van der Waals surface area contributed by atoms with Gasteiger partial charge in [-0.05, 0) is 52.3 Å². The molecule has 1 heterocycles. The van der Waals surface area contributed by atoms with Crippen LogP contribution in [0.5, 0.6) is 5.75 Å². The number of carbonyl (C=O) groups is 1. The lowest BCUT2D eigenvalue weighted by atomic mass is 9.49. The van der Waals surface area contributed by atoms with Gasteiger partial charge >= 0.3 is 0 Å². The number of hydrogen-bond donors (Lipinski definition) is 1. The van der Waals surface area contributed by atoms with E-state index in [1.165, 1.54) is 0 Å². The van der Waals surface area contributed by atoms with E-state index in [-0.39, 0.29) is 28.9 Å². The monoisotopic (exact) mass is 537 g/mol. The highest BCUT2D eigenvalue weighted by atomic mass is 79.9. The minimum atomic E-state index is -0.319. The molecule has 34 heavy (non-hydrogen) atoms. The zero-order chi connectivity index (χ0) is 24.7. The minimum Gasteiger partial charge on any atom is -0.489 e. The van der Waals surface area contributed by atoms with E-state index in [1.54, 1.807) is 24.4 Å². The number of carbonyl (C=O) groups excluding carboxylic acids is 1. The van der Waals surface area contributed by atoms with Gasteiger partial charge in [0.15, 0.2) is 0 Å². The zero-order valence-corrected chi connectivity index (χ0v) is 21.7. The minimum absolute atomic E-state index is 0.0980. The molecule has 2 aromatic carbocycles. The van der Waals surface area contributed by atoms with E-state index >= 15 is 0 Å². The summed E-state index contributed by atoms with van der Waals surface area (Å²) in [7, 11) is 0. The van der Waals surface area contributed by atoms with Crippen LogP contribution in [-0.2, 0) is 0 Å². The lowest BCUT2D eigenvalue weighted by Gasteiger charge is -2.63. The number of hydrogen-bond acceptors (Lipinski definition) is 4. The largest absolute Gasteiger partial charge is 0.489 e. The molecule has 0 radical (unpaired) electrons. The maximum atomic E-state index is 13.1. The molecule has 174 valence electrons. The first-order valence-electron chi connectivity index (χ1n) is 10.9. The summed E-state index contributed by atoms with van der Waals surface area (Å²) in [4.78, 5) is 17.5. The predicted octanol–water partition coefficient (Wildman–Crippen LogP) is 6.65. The Kier molecular flexibility index (Phi) is 6.46. The molecular formula is C27H25BrClN3O2. The van der Waals surface area contributed by atoms with Crippen molar-refractivity contribution in [2.75, 3.05) is 0 Å². The average Bonchev–Trinajstić information content (AvgIpc) is 2.81. The smallest absolute Gasteiger partial charge is 0.251 e. The van der Waals surface area contributed by atoms with Crippen molar-refractivity contribution in [2.45, 2.75) is 39.8 Å². The Labute approximate surface area is 213 Å². The number of rotatable bonds is 5. The molecule has 1 aromatic heterocycles. The summed E-state index contributed by atoms with van der Waals surface area (Å²) in [5.74, 6) is 0.485. The fraction of sp³-hybridized carbons (Fsp3) is 0.296. The van der Waals surface area contributed by atoms with Gasteiger partial charge in [0.05, 0.1) is 16.3 Å². The van der Waals surface area contributed by atoms with Crippen LogP contribution in [0, 0.1) is 22.2 Å². The van der Waals surface area contributed by atoms with Gasteiger partial charge in [-0.2, -0.15) is 5.26 Å². The second-order valence-corrected chi connectivity index (χ2v) is 11.1. The molecule has 5 nitrogen and oxygen atoms in total. The van der Waals surface area contributed by atoms with Crippen LogP contribution in [0.1, 0.15) is 43.6 Å². The van der Waals surface area contributed by atoms with E-state index < -0.39 is 0 Å². The molecule has 7 heteroatoms. The molecule has 1 N–H and O–H groups in total. The third kappa shape index (κ3) is 4.43. The molecule has 0 saturated heterocycles. The van der Waals surface area contributed by atoms with Gasteiger partial charge in [-0.15, -0.1) is 0 Å².